The summed E-state index contributed by atoms with van der Waals surface area (Å²) in [6, 6.07) is 12.7. The summed E-state index contributed by atoms with van der Waals surface area (Å²) in [5.41, 5.74) is 1.69. The molecule has 2 aromatic carbocycles. The van der Waals surface area contributed by atoms with E-state index in [0.717, 1.165) is 17.7 Å². The van der Waals surface area contributed by atoms with E-state index in [1.165, 1.54) is 0 Å². The molecule has 5 heteroatoms. The van der Waals surface area contributed by atoms with Gasteiger partial charge in [-0.1, -0.05) is 55.2 Å². The molecule has 1 amide bonds. The van der Waals surface area contributed by atoms with Gasteiger partial charge in [0.1, 0.15) is 5.75 Å². The lowest BCUT2D eigenvalue weighted by atomic mass is 9.98. The minimum Gasteiger partial charge on any atom is -0.483 e. The molecule has 0 aliphatic rings. The summed E-state index contributed by atoms with van der Waals surface area (Å²) in [6.45, 7) is 4.20. The molecule has 0 saturated carbocycles. The zero-order valence-electron chi connectivity index (χ0n) is 13.1. The topological polar surface area (TPSA) is 38.3 Å². The van der Waals surface area contributed by atoms with Gasteiger partial charge in [-0.15, -0.1) is 0 Å². The number of carbonyl (C=O) groups is 1. The molecule has 0 radical (unpaired) electrons. The summed E-state index contributed by atoms with van der Waals surface area (Å²) < 4.78 is 5.68. The van der Waals surface area contributed by atoms with Gasteiger partial charge in [0.15, 0.2) is 6.61 Å². The first-order chi connectivity index (χ1) is 11.0. The summed E-state index contributed by atoms with van der Waals surface area (Å²) in [6.07, 6.45) is 1.01. The maximum absolute atomic E-state index is 12.0. The van der Waals surface area contributed by atoms with E-state index in [9.17, 15) is 4.79 Å². The van der Waals surface area contributed by atoms with E-state index in [1.807, 2.05) is 24.3 Å². The van der Waals surface area contributed by atoms with E-state index in [-0.39, 0.29) is 12.5 Å². The van der Waals surface area contributed by atoms with Gasteiger partial charge in [0.2, 0.25) is 0 Å². The number of rotatable bonds is 6. The van der Waals surface area contributed by atoms with Gasteiger partial charge in [-0.2, -0.15) is 0 Å². The summed E-state index contributed by atoms with van der Waals surface area (Å²) >= 11 is 11.8. The zero-order valence-corrected chi connectivity index (χ0v) is 14.6. The van der Waals surface area contributed by atoms with Gasteiger partial charge in [-0.25, -0.2) is 0 Å². The molecule has 1 atom stereocenters. The highest BCUT2D eigenvalue weighted by Gasteiger charge is 2.11. The molecule has 0 saturated heterocycles. The number of nitrogens with one attached hydrogen (secondary N) is 1. The van der Waals surface area contributed by atoms with Crippen molar-refractivity contribution in [3.8, 4) is 5.75 Å². The molecule has 0 aliphatic carbocycles. The standard InChI is InChI=1S/C18H19Cl2NO2/c1-3-12(2)14-6-4-5-7-17(14)23-11-18(22)21-13-8-9-15(19)16(20)10-13/h4-10,12H,3,11H2,1-2H3,(H,21,22). The molecular weight excluding hydrogens is 333 g/mol. The predicted octanol–water partition coefficient (Wildman–Crippen LogP) is 5.52. The van der Waals surface area contributed by atoms with Crippen molar-refractivity contribution in [2.24, 2.45) is 0 Å². The number of benzene rings is 2. The van der Waals surface area contributed by atoms with Gasteiger partial charge in [-0.3, -0.25) is 4.79 Å². The molecule has 1 N–H and O–H groups in total. The second-order valence-electron chi connectivity index (χ2n) is 5.31. The Bertz CT molecular complexity index is 688. The van der Waals surface area contributed by atoms with Gasteiger partial charge in [-0.05, 0) is 42.2 Å². The Kier molecular flexibility index (Phi) is 6.31. The number of ether oxygens (including phenoxy) is 1. The van der Waals surface area contributed by atoms with Crippen molar-refractivity contribution in [3.63, 3.8) is 0 Å². The largest absolute Gasteiger partial charge is 0.483 e. The fraction of sp³-hybridized carbons (Fsp3) is 0.278. The van der Waals surface area contributed by atoms with Crippen LogP contribution in [0.1, 0.15) is 31.7 Å². The number of amides is 1. The fourth-order valence-electron chi connectivity index (χ4n) is 2.15. The second-order valence-corrected chi connectivity index (χ2v) is 6.13. The van der Waals surface area contributed by atoms with Crippen molar-refractivity contribution in [2.45, 2.75) is 26.2 Å². The van der Waals surface area contributed by atoms with Crippen LogP contribution in [0.4, 0.5) is 5.69 Å². The third kappa shape index (κ3) is 4.88. The highest BCUT2D eigenvalue weighted by atomic mass is 35.5. The van der Waals surface area contributed by atoms with Crippen LogP contribution < -0.4 is 10.1 Å². The van der Waals surface area contributed by atoms with Crippen LogP contribution in [0.5, 0.6) is 5.75 Å². The molecule has 23 heavy (non-hydrogen) atoms. The normalized spacial score (nSPS) is 11.8. The Morgan fingerprint density at radius 3 is 2.61 bits per heavy atom. The molecule has 122 valence electrons. The van der Waals surface area contributed by atoms with Crippen LogP contribution in [-0.2, 0) is 4.79 Å². The second kappa shape index (κ2) is 8.23. The van der Waals surface area contributed by atoms with E-state index in [1.54, 1.807) is 18.2 Å². The average Bonchev–Trinajstić information content (AvgIpc) is 2.56. The molecule has 1 unspecified atom stereocenters. The number of halogens is 2. The van der Waals surface area contributed by atoms with Crippen LogP contribution in [0.15, 0.2) is 42.5 Å². The Balaban J connectivity index is 1.98. The monoisotopic (exact) mass is 351 g/mol. The minimum atomic E-state index is -0.248. The fourth-order valence-corrected chi connectivity index (χ4v) is 2.45. The summed E-state index contributed by atoms with van der Waals surface area (Å²) in [5.74, 6) is 0.873. The number of hydrogen-bond acceptors (Lipinski definition) is 2. The Labute approximate surface area is 146 Å². The molecule has 2 aromatic rings. The minimum absolute atomic E-state index is 0.0618. The van der Waals surface area contributed by atoms with Gasteiger partial charge < -0.3 is 10.1 Å². The third-order valence-electron chi connectivity index (χ3n) is 3.62. The smallest absolute Gasteiger partial charge is 0.262 e. The molecule has 3 nitrogen and oxygen atoms in total. The van der Waals surface area contributed by atoms with Crippen LogP contribution in [0.2, 0.25) is 10.0 Å². The molecule has 0 fully saturated rings. The van der Waals surface area contributed by atoms with Crippen LogP contribution in [0, 0.1) is 0 Å². The highest BCUT2D eigenvalue weighted by Crippen LogP contribution is 2.28. The van der Waals surface area contributed by atoms with E-state index < -0.39 is 0 Å². The van der Waals surface area contributed by atoms with E-state index >= 15 is 0 Å². The lowest BCUT2D eigenvalue weighted by Crippen LogP contribution is -2.20. The molecule has 0 aromatic heterocycles. The molecule has 0 aliphatic heterocycles. The highest BCUT2D eigenvalue weighted by molar-refractivity contribution is 6.42. The number of para-hydroxylation sites is 1. The maximum Gasteiger partial charge on any atom is 0.262 e. The molecule has 0 spiro atoms. The Morgan fingerprint density at radius 2 is 1.91 bits per heavy atom. The number of hydrogen-bond donors (Lipinski definition) is 1. The van der Waals surface area contributed by atoms with Crippen molar-refractivity contribution in [2.75, 3.05) is 11.9 Å². The quantitative estimate of drug-likeness (QED) is 0.743. The first-order valence-electron chi connectivity index (χ1n) is 7.48. The van der Waals surface area contributed by atoms with E-state index in [0.29, 0.717) is 21.7 Å². The predicted molar refractivity (Wildman–Crippen MR) is 95.7 cm³/mol. The van der Waals surface area contributed by atoms with E-state index in [2.05, 4.69) is 19.2 Å². The van der Waals surface area contributed by atoms with Gasteiger partial charge in [0, 0.05) is 5.69 Å². The Morgan fingerprint density at radius 1 is 1.17 bits per heavy atom. The maximum atomic E-state index is 12.0. The number of carbonyl (C=O) groups excluding carboxylic acids is 1. The van der Waals surface area contributed by atoms with Crippen LogP contribution >= 0.6 is 23.2 Å². The zero-order chi connectivity index (χ0) is 16.8. The van der Waals surface area contributed by atoms with E-state index in [4.69, 9.17) is 27.9 Å². The van der Waals surface area contributed by atoms with Gasteiger partial charge >= 0.3 is 0 Å². The van der Waals surface area contributed by atoms with Gasteiger partial charge in [0.05, 0.1) is 10.0 Å². The lowest BCUT2D eigenvalue weighted by Gasteiger charge is -2.15. The lowest BCUT2D eigenvalue weighted by molar-refractivity contribution is -0.118. The molecular formula is C18H19Cl2NO2. The van der Waals surface area contributed by atoms with Crippen molar-refractivity contribution in [3.05, 3.63) is 58.1 Å². The van der Waals surface area contributed by atoms with Crippen LogP contribution in [0.3, 0.4) is 0 Å². The van der Waals surface area contributed by atoms with Crippen molar-refractivity contribution in [1.82, 2.24) is 0 Å². The van der Waals surface area contributed by atoms with Gasteiger partial charge in [0.25, 0.3) is 5.91 Å². The molecule has 0 bridgehead atoms. The Hall–Kier alpha value is -1.71. The van der Waals surface area contributed by atoms with Crippen molar-refractivity contribution < 1.29 is 9.53 Å². The summed E-state index contributed by atoms with van der Waals surface area (Å²) in [5, 5.41) is 3.58. The first-order valence-corrected chi connectivity index (χ1v) is 8.23. The molecule has 2 rings (SSSR count). The average molecular weight is 352 g/mol. The summed E-state index contributed by atoms with van der Waals surface area (Å²) in [4.78, 5) is 12.0. The van der Waals surface area contributed by atoms with Crippen molar-refractivity contribution in [1.29, 1.82) is 0 Å². The van der Waals surface area contributed by atoms with Crippen LogP contribution in [0.25, 0.3) is 0 Å². The SMILES string of the molecule is CCC(C)c1ccccc1OCC(=O)Nc1ccc(Cl)c(Cl)c1. The summed E-state index contributed by atoms with van der Waals surface area (Å²) in [7, 11) is 0. The third-order valence-corrected chi connectivity index (χ3v) is 4.36. The first kappa shape index (κ1) is 17.6. The molecule has 0 heterocycles. The van der Waals surface area contributed by atoms with Crippen LogP contribution in [-0.4, -0.2) is 12.5 Å². The number of anilines is 1. The van der Waals surface area contributed by atoms with Crippen molar-refractivity contribution >= 4 is 34.8 Å².